The Morgan fingerprint density at radius 3 is 2.55 bits per heavy atom. The van der Waals surface area contributed by atoms with Gasteiger partial charge in [-0.05, 0) is 25.8 Å². The standard InChI is InChI=1S/C15H18ClN3O/c1-10-6-11(2)8-12(7-10)4-5-17-13-9-18-19(3)15(20)14(13)16/h6-9,17H,4-5H2,1-3H3. The normalized spacial score (nSPS) is 10.6. The van der Waals surface area contributed by atoms with Crippen molar-refractivity contribution in [3.63, 3.8) is 0 Å². The van der Waals surface area contributed by atoms with Crippen LogP contribution >= 0.6 is 11.6 Å². The van der Waals surface area contributed by atoms with E-state index in [-0.39, 0.29) is 10.6 Å². The first-order valence-electron chi connectivity index (χ1n) is 6.50. The number of rotatable bonds is 4. The molecule has 1 N–H and O–H groups in total. The first kappa shape index (κ1) is 14.6. The van der Waals surface area contributed by atoms with Crippen molar-refractivity contribution in [3.8, 4) is 0 Å². The molecule has 2 rings (SSSR count). The van der Waals surface area contributed by atoms with Crippen molar-refractivity contribution in [2.75, 3.05) is 11.9 Å². The number of hydrogen-bond acceptors (Lipinski definition) is 3. The number of aromatic nitrogens is 2. The van der Waals surface area contributed by atoms with Gasteiger partial charge in [-0.15, -0.1) is 0 Å². The lowest BCUT2D eigenvalue weighted by molar-refractivity contribution is 0.708. The number of benzene rings is 1. The third kappa shape index (κ3) is 3.39. The van der Waals surface area contributed by atoms with Gasteiger partial charge in [-0.1, -0.05) is 40.9 Å². The third-order valence-corrected chi connectivity index (χ3v) is 3.45. The fourth-order valence-electron chi connectivity index (χ4n) is 2.19. The van der Waals surface area contributed by atoms with E-state index in [1.807, 2.05) is 0 Å². The molecule has 0 bridgehead atoms. The summed E-state index contributed by atoms with van der Waals surface area (Å²) in [5.74, 6) is 0. The number of anilines is 1. The van der Waals surface area contributed by atoms with Crippen molar-refractivity contribution >= 4 is 17.3 Å². The molecule has 4 nitrogen and oxygen atoms in total. The summed E-state index contributed by atoms with van der Waals surface area (Å²) in [6.07, 6.45) is 2.44. The van der Waals surface area contributed by atoms with E-state index < -0.39 is 0 Å². The number of aryl methyl sites for hydroxylation is 3. The fraction of sp³-hybridized carbons (Fsp3) is 0.333. The summed E-state index contributed by atoms with van der Waals surface area (Å²) in [5.41, 5.74) is 4.08. The van der Waals surface area contributed by atoms with Crippen LogP contribution in [0, 0.1) is 13.8 Å². The van der Waals surface area contributed by atoms with Gasteiger partial charge in [0.05, 0.1) is 11.9 Å². The van der Waals surface area contributed by atoms with Crippen LogP contribution in [0.2, 0.25) is 5.02 Å². The summed E-state index contributed by atoms with van der Waals surface area (Å²) < 4.78 is 1.22. The van der Waals surface area contributed by atoms with E-state index in [9.17, 15) is 4.79 Å². The van der Waals surface area contributed by atoms with Crippen LogP contribution in [0.4, 0.5) is 5.69 Å². The lowest BCUT2D eigenvalue weighted by Crippen LogP contribution is -2.21. The smallest absolute Gasteiger partial charge is 0.287 e. The second-order valence-corrected chi connectivity index (χ2v) is 5.35. The van der Waals surface area contributed by atoms with Crippen molar-refractivity contribution in [1.82, 2.24) is 9.78 Å². The highest BCUT2D eigenvalue weighted by molar-refractivity contribution is 6.32. The third-order valence-electron chi connectivity index (χ3n) is 3.09. The largest absolute Gasteiger partial charge is 0.382 e. The molecule has 0 radical (unpaired) electrons. The van der Waals surface area contributed by atoms with E-state index in [1.165, 1.54) is 21.4 Å². The van der Waals surface area contributed by atoms with Crippen LogP contribution in [0.5, 0.6) is 0 Å². The Morgan fingerprint density at radius 1 is 1.25 bits per heavy atom. The van der Waals surface area contributed by atoms with Crippen LogP contribution in [0.15, 0.2) is 29.2 Å². The highest BCUT2D eigenvalue weighted by Crippen LogP contribution is 2.15. The SMILES string of the molecule is Cc1cc(C)cc(CCNc2cnn(C)c(=O)c2Cl)c1. The Balaban J connectivity index is 2.03. The van der Waals surface area contributed by atoms with Gasteiger partial charge in [0.2, 0.25) is 0 Å². The molecule has 0 unspecified atom stereocenters. The van der Waals surface area contributed by atoms with Gasteiger partial charge in [0.15, 0.2) is 0 Å². The average molecular weight is 292 g/mol. The van der Waals surface area contributed by atoms with E-state index in [2.05, 4.69) is 42.5 Å². The van der Waals surface area contributed by atoms with Gasteiger partial charge in [-0.3, -0.25) is 4.79 Å². The molecule has 20 heavy (non-hydrogen) atoms. The predicted molar refractivity (Wildman–Crippen MR) is 82.6 cm³/mol. The van der Waals surface area contributed by atoms with Gasteiger partial charge in [-0.25, -0.2) is 4.68 Å². The number of hydrogen-bond donors (Lipinski definition) is 1. The maximum atomic E-state index is 11.6. The molecule has 0 aliphatic carbocycles. The molecule has 1 heterocycles. The Hall–Kier alpha value is -1.81. The Morgan fingerprint density at radius 2 is 1.90 bits per heavy atom. The molecule has 0 amide bonds. The van der Waals surface area contributed by atoms with Gasteiger partial charge in [0.25, 0.3) is 5.56 Å². The van der Waals surface area contributed by atoms with Crippen LogP contribution in [0.3, 0.4) is 0 Å². The topological polar surface area (TPSA) is 46.9 Å². The lowest BCUT2D eigenvalue weighted by atomic mass is 10.1. The number of nitrogens with one attached hydrogen (secondary N) is 1. The molecule has 0 saturated carbocycles. The van der Waals surface area contributed by atoms with Crippen LogP contribution in [-0.2, 0) is 13.5 Å². The van der Waals surface area contributed by atoms with Crippen LogP contribution < -0.4 is 10.9 Å². The maximum Gasteiger partial charge on any atom is 0.287 e. The minimum atomic E-state index is -0.289. The van der Waals surface area contributed by atoms with Crippen LogP contribution in [0.1, 0.15) is 16.7 Å². The molecule has 0 aliphatic heterocycles. The molecule has 0 aliphatic rings. The zero-order valence-corrected chi connectivity index (χ0v) is 12.7. The molecule has 0 spiro atoms. The van der Waals surface area contributed by atoms with Gasteiger partial charge in [0, 0.05) is 13.6 Å². The average Bonchev–Trinajstić information content (AvgIpc) is 2.38. The summed E-state index contributed by atoms with van der Waals surface area (Å²) in [4.78, 5) is 11.6. The Bertz CT molecular complexity index is 659. The number of nitrogens with zero attached hydrogens (tertiary/aromatic N) is 2. The fourth-order valence-corrected chi connectivity index (χ4v) is 2.43. The lowest BCUT2D eigenvalue weighted by Gasteiger charge is -2.09. The van der Waals surface area contributed by atoms with Gasteiger partial charge in [-0.2, -0.15) is 5.10 Å². The molecular weight excluding hydrogens is 274 g/mol. The summed E-state index contributed by atoms with van der Waals surface area (Å²) in [6.45, 7) is 4.88. The van der Waals surface area contributed by atoms with Crippen LogP contribution in [-0.4, -0.2) is 16.3 Å². The van der Waals surface area contributed by atoms with Gasteiger partial charge < -0.3 is 5.32 Å². The molecule has 0 fully saturated rings. The van der Waals surface area contributed by atoms with E-state index in [0.717, 1.165) is 6.42 Å². The zero-order valence-electron chi connectivity index (χ0n) is 11.9. The van der Waals surface area contributed by atoms with Crippen molar-refractivity contribution in [1.29, 1.82) is 0 Å². The monoisotopic (exact) mass is 291 g/mol. The quantitative estimate of drug-likeness (QED) is 0.942. The van der Waals surface area contributed by atoms with Crippen LogP contribution in [0.25, 0.3) is 0 Å². The second kappa shape index (κ2) is 6.09. The van der Waals surface area contributed by atoms with Crippen molar-refractivity contribution < 1.29 is 0 Å². The summed E-state index contributed by atoms with van der Waals surface area (Å²) in [7, 11) is 1.58. The van der Waals surface area contributed by atoms with Gasteiger partial charge in [0.1, 0.15) is 5.02 Å². The Kier molecular flexibility index (Phi) is 4.45. The van der Waals surface area contributed by atoms with Crippen molar-refractivity contribution in [2.45, 2.75) is 20.3 Å². The minimum absolute atomic E-state index is 0.183. The highest BCUT2D eigenvalue weighted by Gasteiger charge is 2.06. The molecule has 0 atom stereocenters. The first-order chi connectivity index (χ1) is 9.47. The molecule has 106 valence electrons. The molecule has 1 aromatic carbocycles. The van der Waals surface area contributed by atoms with E-state index in [0.29, 0.717) is 12.2 Å². The van der Waals surface area contributed by atoms with Gasteiger partial charge >= 0.3 is 0 Å². The predicted octanol–water partition coefficient (Wildman–Crippen LogP) is 2.71. The molecule has 0 saturated heterocycles. The molecular formula is C15H18ClN3O. The molecule has 1 aromatic heterocycles. The van der Waals surface area contributed by atoms with E-state index in [4.69, 9.17) is 11.6 Å². The number of halogens is 1. The highest BCUT2D eigenvalue weighted by atomic mass is 35.5. The van der Waals surface area contributed by atoms with Crippen molar-refractivity contribution in [2.24, 2.45) is 7.05 Å². The summed E-state index contributed by atoms with van der Waals surface area (Å²) in [6, 6.07) is 6.48. The van der Waals surface area contributed by atoms with E-state index in [1.54, 1.807) is 13.2 Å². The van der Waals surface area contributed by atoms with E-state index >= 15 is 0 Å². The Labute approximate surface area is 123 Å². The molecule has 2 aromatic rings. The second-order valence-electron chi connectivity index (χ2n) is 4.97. The summed E-state index contributed by atoms with van der Waals surface area (Å²) >= 11 is 5.99. The van der Waals surface area contributed by atoms with Crippen molar-refractivity contribution in [3.05, 3.63) is 56.5 Å². The molecule has 5 heteroatoms. The minimum Gasteiger partial charge on any atom is -0.382 e. The zero-order chi connectivity index (χ0) is 14.7. The first-order valence-corrected chi connectivity index (χ1v) is 6.88. The maximum absolute atomic E-state index is 11.6. The summed E-state index contributed by atoms with van der Waals surface area (Å²) in [5, 5.41) is 7.29.